The Labute approximate surface area is 312 Å². The normalized spacial score (nSPS) is 31.8. The van der Waals surface area contributed by atoms with Crippen LogP contribution in [-0.2, 0) is 23.4 Å². The molecule has 0 saturated heterocycles. The number of allylic oxidation sites excluding steroid dienone is 1. The first-order valence-electron chi connectivity index (χ1n) is 21.5. The number of carbonyl (C=O) groups is 2. The van der Waals surface area contributed by atoms with Crippen LogP contribution in [0, 0.1) is 40.4 Å². The molecular weight excluding hydrogens is 657 g/mol. The lowest BCUT2D eigenvalue weighted by Gasteiger charge is -2.58. The Morgan fingerprint density at radius 1 is 0.902 bits per heavy atom. The lowest BCUT2D eigenvalue weighted by atomic mass is 9.47. The molecule has 1 amide bonds. The predicted molar refractivity (Wildman–Crippen MR) is 208 cm³/mol. The second-order valence-electron chi connectivity index (χ2n) is 17.8. The number of rotatable bonds is 23. The highest BCUT2D eigenvalue weighted by Crippen LogP contribution is 2.67. The second kappa shape index (κ2) is 20.5. The third kappa shape index (κ3) is 12.4. The topological polar surface area (TPSA) is 102 Å². The summed E-state index contributed by atoms with van der Waals surface area (Å²) in [6, 6.07) is 0. The largest absolute Gasteiger partial charge is 0.462 e. The van der Waals surface area contributed by atoms with Crippen LogP contribution in [0.15, 0.2) is 11.6 Å². The average molecular weight is 734 g/mol. The molecule has 3 saturated carbocycles. The Kier molecular flexibility index (Phi) is 17.1. The number of hydrogen-bond donors (Lipinski definition) is 2. The highest BCUT2D eigenvalue weighted by molar-refractivity contribution is 7.51. The Bertz CT molecular complexity index is 1170. The molecule has 4 aliphatic rings. The predicted octanol–water partition coefficient (Wildman–Crippen LogP) is 11.3. The molecule has 4 rings (SSSR count). The number of hydrogen-bond acceptors (Lipinski definition) is 5. The van der Waals surface area contributed by atoms with Gasteiger partial charge in [-0.1, -0.05) is 104 Å². The van der Waals surface area contributed by atoms with Gasteiger partial charge in [0, 0.05) is 32.5 Å². The van der Waals surface area contributed by atoms with Gasteiger partial charge in [-0.15, -0.1) is 0 Å². The van der Waals surface area contributed by atoms with E-state index in [2.05, 4.69) is 39.1 Å². The number of nitrogens with one attached hydrogen (secondary N) is 1. The minimum atomic E-state index is -3.38. The fourth-order valence-electron chi connectivity index (χ4n) is 11.2. The van der Waals surface area contributed by atoms with E-state index in [0.717, 1.165) is 82.0 Å². The summed E-state index contributed by atoms with van der Waals surface area (Å²) in [4.78, 5) is 34.6. The number of ether oxygens (including phenoxy) is 1. The van der Waals surface area contributed by atoms with E-state index in [4.69, 9.17) is 9.26 Å². The standard InChI is InChI=1S/C43H76NO6P/c1-6-7-8-9-10-11-12-13-16-19-41(46)50-35-26-28-42(3)34(32-35)21-22-36-38-24-23-37(43(38,4)29-27-39(36)42)33(2)20-25-40(45)44-30-17-14-15-18-31-49-51(5,47)48/h21,33,35-39H,6-20,22-32H2,1-5H3,(H,44,45)(H,47,48)/t33-,35+,36+,37-,38?,39?,42+,43-/m1/s1. The van der Waals surface area contributed by atoms with Gasteiger partial charge in [0.15, 0.2) is 0 Å². The molecule has 0 spiro atoms. The van der Waals surface area contributed by atoms with Crippen LogP contribution >= 0.6 is 7.60 Å². The maximum Gasteiger partial charge on any atom is 0.325 e. The first kappa shape index (κ1) is 42.6. The van der Waals surface area contributed by atoms with Crippen LogP contribution in [0.3, 0.4) is 0 Å². The van der Waals surface area contributed by atoms with Crippen LogP contribution in [0.2, 0.25) is 0 Å². The number of esters is 1. The van der Waals surface area contributed by atoms with E-state index in [-0.39, 0.29) is 23.4 Å². The van der Waals surface area contributed by atoms with Gasteiger partial charge in [0.05, 0.1) is 6.61 Å². The SMILES string of the molecule is CCCCCCCCCCCC(=O)O[C@H]1CC[C@@]2(C)C(=CC[C@@H]3C2CC[C@@]2(C)C3CC[C@@H]2[C@H](C)CCC(=O)NCCCCCCOP(C)(=O)O)C1. The summed E-state index contributed by atoms with van der Waals surface area (Å²) >= 11 is 0. The van der Waals surface area contributed by atoms with Crippen LogP contribution < -0.4 is 5.32 Å². The summed E-state index contributed by atoms with van der Waals surface area (Å²) in [6.45, 7) is 12.0. The zero-order valence-electron chi connectivity index (χ0n) is 33.4. The highest BCUT2D eigenvalue weighted by atomic mass is 31.2. The molecule has 3 unspecified atom stereocenters. The second-order valence-corrected chi connectivity index (χ2v) is 19.7. The Hall–Kier alpha value is -1.17. The van der Waals surface area contributed by atoms with Gasteiger partial charge >= 0.3 is 13.6 Å². The molecule has 8 heteroatoms. The average Bonchev–Trinajstić information content (AvgIpc) is 3.44. The van der Waals surface area contributed by atoms with Crippen LogP contribution in [0.25, 0.3) is 0 Å². The summed E-state index contributed by atoms with van der Waals surface area (Å²) in [6.07, 6.45) is 29.3. The number of fused-ring (bicyclic) bond motifs is 5. The smallest absolute Gasteiger partial charge is 0.325 e. The number of carbonyl (C=O) groups excluding carboxylic acids is 2. The molecule has 0 heterocycles. The van der Waals surface area contributed by atoms with Crippen molar-refractivity contribution in [3.8, 4) is 0 Å². The lowest BCUT2D eigenvalue weighted by molar-refractivity contribution is -0.151. The van der Waals surface area contributed by atoms with E-state index in [1.54, 1.807) is 5.57 Å². The molecule has 2 N–H and O–H groups in total. The van der Waals surface area contributed by atoms with Crippen molar-refractivity contribution in [1.82, 2.24) is 5.32 Å². The fourth-order valence-corrected chi connectivity index (χ4v) is 11.7. The molecule has 4 aliphatic carbocycles. The van der Waals surface area contributed by atoms with E-state index in [9.17, 15) is 19.0 Å². The molecule has 9 atom stereocenters. The zero-order chi connectivity index (χ0) is 36.9. The summed E-state index contributed by atoms with van der Waals surface area (Å²) < 4.78 is 22.2. The molecule has 294 valence electrons. The minimum absolute atomic E-state index is 0.0200. The lowest BCUT2D eigenvalue weighted by Crippen LogP contribution is -2.51. The molecule has 0 aromatic carbocycles. The zero-order valence-corrected chi connectivity index (χ0v) is 34.3. The van der Waals surface area contributed by atoms with E-state index in [1.165, 1.54) is 83.7 Å². The Morgan fingerprint density at radius 3 is 2.31 bits per heavy atom. The molecule has 0 radical (unpaired) electrons. The van der Waals surface area contributed by atoms with Crippen molar-refractivity contribution in [2.24, 2.45) is 40.4 Å². The van der Waals surface area contributed by atoms with Gasteiger partial charge < -0.3 is 19.5 Å². The molecule has 3 fully saturated rings. The molecule has 0 aromatic heterocycles. The number of amides is 1. The van der Waals surface area contributed by atoms with E-state index in [1.807, 2.05) is 0 Å². The molecule has 51 heavy (non-hydrogen) atoms. The minimum Gasteiger partial charge on any atom is -0.462 e. The number of unbranched alkanes of at least 4 members (excludes halogenated alkanes) is 11. The van der Waals surface area contributed by atoms with E-state index in [0.29, 0.717) is 43.2 Å². The van der Waals surface area contributed by atoms with Gasteiger partial charge in [0.1, 0.15) is 6.10 Å². The first-order chi connectivity index (χ1) is 24.4. The summed E-state index contributed by atoms with van der Waals surface area (Å²) in [7, 11) is -3.38. The first-order valence-corrected chi connectivity index (χ1v) is 23.5. The summed E-state index contributed by atoms with van der Waals surface area (Å²) in [5, 5.41) is 3.12. The molecule has 0 bridgehead atoms. The molecule has 0 aliphatic heterocycles. The van der Waals surface area contributed by atoms with Crippen molar-refractivity contribution >= 4 is 19.5 Å². The van der Waals surface area contributed by atoms with Gasteiger partial charge in [-0.3, -0.25) is 14.2 Å². The van der Waals surface area contributed by atoms with Gasteiger partial charge in [-0.05, 0) is 111 Å². The van der Waals surface area contributed by atoms with Crippen LogP contribution in [0.5, 0.6) is 0 Å². The van der Waals surface area contributed by atoms with Gasteiger partial charge in [-0.2, -0.15) is 0 Å². The van der Waals surface area contributed by atoms with Crippen molar-refractivity contribution in [3.05, 3.63) is 11.6 Å². The third-order valence-electron chi connectivity index (χ3n) is 14.2. The molecule has 7 nitrogen and oxygen atoms in total. The van der Waals surface area contributed by atoms with Crippen LogP contribution in [0.1, 0.15) is 182 Å². The van der Waals surface area contributed by atoms with Crippen molar-refractivity contribution in [1.29, 1.82) is 0 Å². The van der Waals surface area contributed by atoms with E-state index >= 15 is 0 Å². The van der Waals surface area contributed by atoms with Crippen molar-refractivity contribution in [2.75, 3.05) is 19.8 Å². The van der Waals surface area contributed by atoms with Crippen LogP contribution in [0.4, 0.5) is 0 Å². The highest BCUT2D eigenvalue weighted by Gasteiger charge is 2.59. The van der Waals surface area contributed by atoms with Crippen LogP contribution in [-0.4, -0.2) is 42.7 Å². The monoisotopic (exact) mass is 734 g/mol. The van der Waals surface area contributed by atoms with Gasteiger partial charge in [-0.25, -0.2) is 0 Å². The summed E-state index contributed by atoms with van der Waals surface area (Å²) in [5.74, 6) is 3.69. The Morgan fingerprint density at radius 2 is 1.59 bits per heavy atom. The quantitative estimate of drug-likeness (QED) is 0.0469. The maximum absolute atomic E-state index is 12.8. The van der Waals surface area contributed by atoms with Gasteiger partial charge in [0.25, 0.3) is 0 Å². The van der Waals surface area contributed by atoms with Crippen molar-refractivity contribution in [3.63, 3.8) is 0 Å². The molecular formula is C43H76NO6P. The van der Waals surface area contributed by atoms with Crippen molar-refractivity contribution < 1.29 is 28.3 Å². The van der Waals surface area contributed by atoms with Gasteiger partial charge in [0.2, 0.25) is 5.91 Å². The van der Waals surface area contributed by atoms with Crippen molar-refractivity contribution in [2.45, 2.75) is 188 Å². The third-order valence-corrected chi connectivity index (χ3v) is 14.8. The van der Waals surface area contributed by atoms with E-state index < -0.39 is 7.60 Å². The fraction of sp³-hybridized carbons (Fsp3) is 0.907. The summed E-state index contributed by atoms with van der Waals surface area (Å²) in [5.41, 5.74) is 2.20. The maximum atomic E-state index is 12.8. The Balaban J connectivity index is 1.16. The molecule has 0 aromatic rings.